The first-order valence-corrected chi connectivity index (χ1v) is 13.1. The van der Waals surface area contributed by atoms with E-state index in [2.05, 4.69) is 20.8 Å². The highest BCUT2D eigenvalue weighted by molar-refractivity contribution is 6.47. The van der Waals surface area contributed by atoms with Gasteiger partial charge in [0.25, 0.3) is 11.8 Å². The Labute approximate surface area is 240 Å². The number of fused-ring (bicyclic) bond motifs is 1. The zero-order valence-corrected chi connectivity index (χ0v) is 23.2. The van der Waals surface area contributed by atoms with Crippen LogP contribution in [0.15, 0.2) is 78.1 Å². The first-order valence-electron chi connectivity index (χ1n) is 12.3. The Morgan fingerprint density at radius 2 is 1.68 bits per heavy atom. The standard InChI is InChI=1S/C29H26Cl2N4O5/c1-3-40-29(38)24(34-28(37)26(35-39-2)20-16-32-23-10-5-4-7-19(20)23)15-17-11-13-18(14-12-17)33-27(36)25-21(30)8-6-9-22(25)31/h4-14,16,24,32H,3,15H2,1-2H3,(H,33,36)(H,34,37)/t24-/m0/s1. The molecule has 0 bridgehead atoms. The molecule has 9 nitrogen and oxygen atoms in total. The number of nitrogens with one attached hydrogen (secondary N) is 3. The third-order valence-corrected chi connectivity index (χ3v) is 6.59. The molecule has 1 heterocycles. The molecule has 206 valence electrons. The first-order chi connectivity index (χ1) is 19.3. The van der Waals surface area contributed by atoms with E-state index >= 15 is 0 Å². The van der Waals surface area contributed by atoms with E-state index in [-0.39, 0.29) is 34.3 Å². The maximum atomic E-state index is 13.3. The van der Waals surface area contributed by atoms with E-state index in [9.17, 15) is 14.4 Å². The molecule has 4 rings (SSSR count). The van der Waals surface area contributed by atoms with Crippen LogP contribution in [0.2, 0.25) is 10.0 Å². The van der Waals surface area contributed by atoms with Gasteiger partial charge in [-0.15, -0.1) is 0 Å². The molecule has 0 aliphatic carbocycles. The molecule has 0 unspecified atom stereocenters. The SMILES string of the molecule is CCOC(=O)[C@H](Cc1ccc(NC(=O)c2c(Cl)cccc2Cl)cc1)NC(=O)C(=NOC)c1c[nH]c2ccccc12. The number of aromatic amines is 1. The monoisotopic (exact) mass is 580 g/mol. The van der Waals surface area contributed by atoms with Crippen LogP contribution in [0.5, 0.6) is 0 Å². The van der Waals surface area contributed by atoms with Crippen molar-refractivity contribution in [2.75, 3.05) is 19.0 Å². The van der Waals surface area contributed by atoms with Crippen LogP contribution in [0.4, 0.5) is 5.69 Å². The third-order valence-electron chi connectivity index (χ3n) is 5.96. The Morgan fingerprint density at radius 3 is 2.35 bits per heavy atom. The number of aromatic nitrogens is 1. The van der Waals surface area contributed by atoms with E-state index in [0.29, 0.717) is 16.8 Å². The molecule has 3 aromatic carbocycles. The lowest BCUT2D eigenvalue weighted by atomic mass is 10.0. The number of ether oxygens (including phenoxy) is 1. The van der Waals surface area contributed by atoms with Gasteiger partial charge in [0, 0.05) is 34.8 Å². The van der Waals surface area contributed by atoms with Gasteiger partial charge < -0.3 is 25.2 Å². The van der Waals surface area contributed by atoms with E-state index < -0.39 is 23.8 Å². The summed E-state index contributed by atoms with van der Waals surface area (Å²) >= 11 is 12.3. The van der Waals surface area contributed by atoms with Gasteiger partial charge in [-0.05, 0) is 42.8 Å². The predicted molar refractivity (Wildman–Crippen MR) is 155 cm³/mol. The molecule has 4 aromatic rings. The van der Waals surface area contributed by atoms with Gasteiger partial charge >= 0.3 is 5.97 Å². The van der Waals surface area contributed by atoms with Crippen LogP contribution in [0, 0.1) is 0 Å². The lowest BCUT2D eigenvalue weighted by Gasteiger charge is -2.18. The molecule has 11 heteroatoms. The van der Waals surface area contributed by atoms with Crippen molar-refractivity contribution in [2.45, 2.75) is 19.4 Å². The zero-order valence-electron chi connectivity index (χ0n) is 21.7. The molecular formula is C29H26Cl2N4O5. The number of rotatable bonds is 10. The van der Waals surface area contributed by atoms with E-state index in [1.54, 1.807) is 55.6 Å². The van der Waals surface area contributed by atoms with Crippen molar-refractivity contribution in [1.29, 1.82) is 0 Å². The Morgan fingerprint density at radius 1 is 0.975 bits per heavy atom. The second kappa shape index (κ2) is 13.1. The summed E-state index contributed by atoms with van der Waals surface area (Å²) < 4.78 is 5.21. The minimum atomic E-state index is -1.01. The van der Waals surface area contributed by atoms with Crippen LogP contribution in [0.3, 0.4) is 0 Å². The minimum Gasteiger partial charge on any atom is -0.464 e. The van der Waals surface area contributed by atoms with E-state index in [4.69, 9.17) is 32.8 Å². The summed E-state index contributed by atoms with van der Waals surface area (Å²) in [6, 6.07) is 18.0. The molecule has 0 aliphatic rings. The van der Waals surface area contributed by atoms with Crippen LogP contribution in [-0.4, -0.2) is 48.2 Å². The van der Waals surface area contributed by atoms with Crippen LogP contribution in [0.1, 0.15) is 28.4 Å². The molecule has 40 heavy (non-hydrogen) atoms. The van der Waals surface area contributed by atoms with Crippen LogP contribution in [-0.2, 0) is 25.6 Å². The van der Waals surface area contributed by atoms with Gasteiger partial charge in [-0.1, -0.05) is 64.8 Å². The summed E-state index contributed by atoms with van der Waals surface area (Å²) in [5.41, 5.74) is 2.73. The van der Waals surface area contributed by atoms with Gasteiger partial charge in [0.1, 0.15) is 13.2 Å². The molecule has 0 saturated heterocycles. The number of anilines is 1. The number of esters is 1. The number of H-pyrrole nitrogens is 1. The Hall–Kier alpha value is -4.34. The minimum absolute atomic E-state index is 0.00513. The van der Waals surface area contributed by atoms with Gasteiger partial charge in [-0.2, -0.15) is 0 Å². The lowest BCUT2D eigenvalue weighted by Crippen LogP contribution is -2.46. The number of para-hydroxylation sites is 1. The number of carbonyl (C=O) groups excluding carboxylic acids is 3. The highest BCUT2D eigenvalue weighted by Crippen LogP contribution is 2.25. The number of nitrogens with zero attached hydrogens (tertiary/aromatic N) is 1. The molecular weight excluding hydrogens is 555 g/mol. The fourth-order valence-corrected chi connectivity index (χ4v) is 4.67. The van der Waals surface area contributed by atoms with Crippen molar-refractivity contribution < 1.29 is 24.0 Å². The normalized spacial score (nSPS) is 12.1. The number of carbonyl (C=O) groups is 3. The third kappa shape index (κ3) is 6.62. The topological polar surface area (TPSA) is 122 Å². The van der Waals surface area contributed by atoms with Crippen LogP contribution >= 0.6 is 23.2 Å². The second-order valence-corrected chi connectivity index (χ2v) is 9.41. The van der Waals surface area contributed by atoms with Crippen molar-refractivity contribution in [3.8, 4) is 0 Å². The van der Waals surface area contributed by atoms with Gasteiger partial charge in [0.2, 0.25) is 0 Å². The summed E-state index contributed by atoms with van der Waals surface area (Å²) in [4.78, 5) is 46.9. The van der Waals surface area contributed by atoms with E-state index in [1.165, 1.54) is 7.11 Å². The Kier molecular flexibility index (Phi) is 9.42. The molecule has 0 saturated carbocycles. The van der Waals surface area contributed by atoms with E-state index in [0.717, 1.165) is 10.9 Å². The number of hydrogen-bond donors (Lipinski definition) is 3. The summed E-state index contributed by atoms with van der Waals surface area (Å²) in [7, 11) is 1.34. The maximum absolute atomic E-state index is 13.3. The largest absolute Gasteiger partial charge is 0.464 e. The molecule has 1 aromatic heterocycles. The molecule has 0 spiro atoms. The molecule has 0 aliphatic heterocycles. The van der Waals surface area contributed by atoms with Crippen molar-refractivity contribution in [1.82, 2.24) is 10.3 Å². The van der Waals surface area contributed by atoms with E-state index in [1.807, 2.05) is 24.3 Å². The summed E-state index contributed by atoms with van der Waals surface area (Å²) in [5.74, 6) is -1.66. The van der Waals surface area contributed by atoms with Crippen molar-refractivity contribution in [3.63, 3.8) is 0 Å². The number of amides is 2. The van der Waals surface area contributed by atoms with Gasteiger partial charge in [-0.25, -0.2) is 4.79 Å². The van der Waals surface area contributed by atoms with Gasteiger partial charge in [-0.3, -0.25) is 9.59 Å². The Bertz CT molecular complexity index is 1550. The number of oxime groups is 1. The smallest absolute Gasteiger partial charge is 0.328 e. The highest BCUT2D eigenvalue weighted by Gasteiger charge is 2.27. The number of benzene rings is 3. The quantitative estimate of drug-likeness (QED) is 0.132. The second-order valence-electron chi connectivity index (χ2n) is 8.60. The molecule has 1 atom stereocenters. The van der Waals surface area contributed by atoms with Crippen LogP contribution < -0.4 is 10.6 Å². The fraction of sp³-hybridized carbons (Fsp3) is 0.172. The summed E-state index contributed by atoms with van der Waals surface area (Å²) in [5, 5.41) is 10.7. The molecule has 2 amide bonds. The number of halogens is 2. The maximum Gasteiger partial charge on any atom is 0.328 e. The van der Waals surface area contributed by atoms with Gasteiger partial charge in [0.05, 0.1) is 22.2 Å². The van der Waals surface area contributed by atoms with Crippen molar-refractivity contribution >= 4 is 63.3 Å². The molecule has 0 radical (unpaired) electrons. The lowest BCUT2D eigenvalue weighted by molar-refractivity contribution is -0.146. The average Bonchev–Trinajstić information content (AvgIpc) is 3.36. The summed E-state index contributed by atoms with van der Waals surface area (Å²) in [6.45, 7) is 1.82. The average molecular weight is 581 g/mol. The zero-order chi connectivity index (χ0) is 28.6. The van der Waals surface area contributed by atoms with Gasteiger partial charge in [0.15, 0.2) is 5.71 Å². The van der Waals surface area contributed by atoms with Crippen molar-refractivity contribution in [2.24, 2.45) is 5.16 Å². The van der Waals surface area contributed by atoms with Crippen molar-refractivity contribution in [3.05, 3.63) is 99.7 Å². The van der Waals surface area contributed by atoms with Crippen LogP contribution in [0.25, 0.3) is 10.9 Å². The first kappa shape index (κ1) is 28.7. The summed E-state index contributed by atoms with van der Waals surface area (Å²) in [6.07, 6.45) is 1.79. The predicted octanol–water partition coefficient (Wildman–Crippen LogP) is 5.37. The number of hydrogen-bond acceptors (Lipinski definition) is 6. The molecule has 3 N–H and O–H groups in total. The Balaban J connectivity index is 1.51. The fourth-order valence-electron chi connectivity index (χ4n) is 4.10. The highest BCUT2D eigenvalue weighted by atomic mass is 35.5. The molecule has 0 fully saturated rings.